The van der Waals surface area contributed by atoms with Crippen LogP contribution in [0.1, 0.15) is 37.0 Å². The number of anilines is 1. The van der Waals surface area contributed by atoms with Crippen LogP contribution in [0.2, 0.25) is 0 Å². The molecule has 26 heavy (non-hydrogen) atoms. The Morgan fingerprint density at radius 3 is 2.58 bits per heavy atom. The number of halogens is 1. The lowest BCUT2D eigenvalue weighted by atomic mass is 9.92. The summed E-state index contributed by atoms with van der Waals surface area (Å²) in [5, 5.41) is 0. The summed E-state index contributed by atoms with van der Waals surface area (Å²) in [6.45, 7) is 10.0. The number of hydrogen-bond acceptors (Lipinski definition) is 4. The third kappa shape index (κ3) is 4.01. The zero-order valence-corrected chi connectivity index (χ0v) is 16.0. The number of rotatable bonds is 4. The van der Waals surface area contributed by atoms with Crippen LogP contribution in [0.15, 0.2) is 18.2 Å². The molecule has 0 aliphatic carbocycles. The summed E-state index contributed by atoms with van der Waals surface area (Å²) in [6, 6.07) is 4.97. The van der Waals surface area contributed by atoms with E-state index in [0.29, 0.717) is 30.3 Å². The molecule has 2 aliphatic rings. The minimum Gasteiger partial charge on any atom is -0.367 e. The van der Waals surface area contributed by atoms with E-state index in [2.05, 4.69) is 23.6 Å². The van der Waals surface area contributed by atoms with Crippen LogP contribution in [0.4, 0.5) is 10.1 Å². The number of nitrogens with two attached hydrogens (primary N) is 1. The number of benzene rings is 1. The Morgan fingerprint density at radius 2 is 1.96 bits per heavy atom. The van der Waals surface area contributed by atoms with Gasteiger partial charge in [0, 0.05) is 50.9 Å². The van der Waals surface area contributed by atoms with Crippen molar-refractivity contribution in [2.75, 3.05) is 50.7 Å². The molecule has 1 amide bonds. The first-order chi connectivity index (χ1) is 12.5. The first-order valence-electron chi connectivity index (χ1n) is 9.81. The summed E-state index contributed by atoms with van der Waals surface area (Å²) < 4.78 is 14.7. The minimum atomic E-state index is -0.310. The zero-order chi connectivity index (χ0) is 18.7. The number of likely N-dealkylation sites (N-methyl/N-ethyl adjacent to an activating group) is 1. The average Bonchev–Trinajstić information content (AvgIpc) is 2.67. The predicted octanol–water partition coefficient (Wildman–Crippen LogP) is 2.17. The van der Waals surface area contributed by atoms with Gasteiger partial charge in [-0.15, -0.1) is 0 Å². The van der Waals surface area contributed by atoms with Crippen LogP contribution in [0.5, 0.6) is 0 Å². The number of hydrogen-bond donors (Lipinski definition) is 1. The van der Waals surface area contributed by atoms with Crippen LogP contribution in [-0.2, 0) is 0 Å². The maximum Gasteiger partial charge on any atom is 0.254 e. The predicted molar refractivity (Wildman–Crippen MR) is 103 cm³/mol. The Balaban J connectivity index is 1.72. The van der Waals surface area contributed by atoms with E-state index in [0.717, 1.165) is 45.6 Å². The SMILES string of the molecule is CCN1CCN(c2ccc(C(=O)N3CCC(C)CC3CN)cc2F)CC1. The van der Waals surface area contributed by atoms with Crippen LogP contribution < -0.4 is 10.6 Å². The van der Waals surface area contributed by atoms with Crippen molar-refractivity contribution in [1.29, 1.82) is 0 Å². The molecule has 3 rings (SSSR count). The maximum absolute atomic E-state index is 14.7. The zero-order valence-electron chi connectivity index (χ0n) is 16.0. The van der Waals surface area contributed by atoms with Gasteiger partial charge in [-0.1, -0.05) is 13.8 Å². The van der Waals surface area contributed by atoms with Crippen LogP contribution in [0.3, 0.4) is 0 Å². The van der Waals surface area contributed by atoms with E-state index >= 15 is 0 Å². The molecule has 0 spiro atoms. The summed E-state index contributed by atoms with van der Waals surface area (Å²) in [5.41, 5.74) is 6.89. The van der Waals surface area contributed by atoms with Gasteiger partial charge in [0.1, 0.15) is 5.82 Å². The quantitative estimate of drug-likeness (QED) is 0.892. The Kier molecular flexibility index (Phi) is 6.14. The topological polar surface area (TPSA) is 52.8 Å². The number of amides is 1. The van der Waals surface area contributed by atoms with Gasteiger partial charge in [-0.2, -0.15) is 0 Å². The number of likely N-dealkylation sites (tertiary alicyclic amines) is 1. The molecule has 2 atom stereocenters. The van der Waals surface area contributed by atoms with Gasteiger partial charge >= 0.3 is 0 Å². The van der Waals surface area contributed by atoms with Crippen molar-refractivity contribution in [3.63, 3.8) is 0 Å². The molecule has 2 N–H and O–H groups in total. The second kappa shape index (κ2) is 8.35. The fraction of sp³-hybridized carbons (Fsp3) is 0.650. The molecule has 2 aliphatic heterocycles. The van der Waals surface area contributed by atoms with Crippen molar-refractivity contribution in [3.8, 4) is 0 Å². The molecular weight excluding hydrogens is 331 g/mol. The number of carbonyl (C=O) groups excluding carboxylic acids is 1. The standard InChI is InChI=1S/C20H31FN4O/c1-3-23-8-10-24(11-9-23)19-5-4-16(13-18(19)21)20(26)25-7-6-15(2)12-17(25)14-22/h4-5,13,15,17H,3,6-12,14,22H2,1-2H3. The molecule has 1 aromatic rings. The third-order valence-corrected chi connectivity index (χ3v) is 5.87. The van der Waals surface area contributed by atoms with E-state index in [-0.39, 0.29) is 17.8 Å². The van der Waals surface area contributed by atoms with Crippen molar-refractivity contribution in [1.82, 2.24) is 9.80 Å². The second-order valence-corrected chi connectivity index (χ2v) is 7.61. The van der Waals surface area contributed by atoms with Gasteiger partial charge in [0.2, 0.25) is 0 Å². The maximum atomic E-state index is 14.7. The van der Waals surface area contributed by atoms with E-state index < -0.39 is 0 Å². The van der Waals surface area contributed by atoms with Gasteiger partial charge in [-0.25, -0.2) is 4.39 Å². The van der Waals surface area contributed by atoms with Gasteiger partial charge in [0.05, 0.1) is 5.69 Å². The Morgan fingerprint density at radius 1 is 1.23 bits per heavy atom. The monoisotopic (exact) mass is 362 g/mol. The summed E-state index contributed by atoms with van der Waals surface area (Å²) in [6.07, 6.45) is 1.90. The molecule has 0 aromatic heterocycles. The van der Waals surface area contributed by atoms with Gasteiger partial charge in [0.15, 0.2) is 0 Å². The summed E-state index contributed by atoms with van der Waals surface area (Å²) in [5.74, 6) is 0.164. The largest absolute Gasteiger partial charge is 0.367 e. The molecule has 0 bridgehead atoms. The number of piperazine rings is 1. The number of piperidine rings is 1. The van der Waals surface area contributed by atoms with E-state index in [1.807, 2.05) is 4.90 Å². The van der Waals surface area contributed by atoms with Crippen molar-refractivity contribution < 1.29 is 9.18 Å². The number of carbonyl (C=O) groups is 1. The van der Waals surface area contributed by atoms with Crippen LogP contribution in [-0.4, -0.2) is 67.6 Å². The summed E-state index contributed by atoms with van der Waals surface area (Å²) in [7, 11) is 0. The number of nitrogens with zero attached hydrogens (tertiary/aromatic N) is 3. The molecule has 0 saturated carbocycles. The molecule has 144 valence electrons. The smallest absolute Gasteiger partial charge is 0.254 e. The first kappa shape index (κ1) is 19.1. The fourth-order valence-electron chi connectivity index (χ4n) is 4.11. The Bertz CT molecular complexity index is 630. The first-order valence-corrected chi connectivity index (χ1v) is 9.81. The fourth-order valence-corrected chi connectivity index (χ4v) is 4.11. The summed E-state index contributed by atoms with van der Waals surface area (Å²) >= 11 is 0. The minimum absolute atomic E-state index is 0.0520. The van der Waals surface area contributed by atoms with E-state index in [9.17, 15) is 9.18 Å². The lowest BCUT2D eigenvalue weighted by molar-refractivity contribution is 0.0573. The van der Waals surface area contributed by atoms with Crippen molar-refractivity contribution >= 4 is 11.6 Å². The summed E-state index contributed by atoms with van der Waals surface area (Å²) in [4.78, 5) is 19.1. The van der Waals surface area contributed by atoms with Crippen molar-refractivity contribution in [2.45, 2.75) is 32.7 Å². The third-order valence-electron chi connectivity index (χ3n) is 5.87. The van der Waals surface area contributed by atoms with E-state index in [1.54, 1.807) is 12.1 Å². The van der Waals surface area contributed by atoms with Crippen LogP contribution >= 0.6 is 0 Å². The highest BCUT2D eigenvalue weighted by Crippen LogP contribution is 2.26. The van der Waals surface area contributed by atoms with E-state index in [4.69, 9.17) is 5.73 Å². The average molecular weight is 362 g/mol. The second-order valence-electron chi connectivity index (χ2n) is 7.61. The van der Waals surface area contributed by atoms with Crippen LogP contribution in [0.25, 0.3) is 0 Å². The van der Waals surface area contributed by atoms with E-state index in [1.165, 1.54) is 6.07 Å². The molecule has 2 unspecified atom stereocenters. The molecule has 0 radical (unpaired) electrons. The van der Waals surface area contributed by atoms with Crippen molar-refractivity contribution in [2.24, 2.45) is 11.7 Å². The van der Waals surface area contributed by atoms with Crippen molar-refractivity contribution in [3.05, 3.63) is 29.6 Å². The van der Waals surface area contributed by atoms with Crippen LogP contribution in [0, 0.1) is 11.7 Å². The highest BCUT2D eigenvalue weighted by Gasteiger charge is 2.30. The Labute approximate surface area is 155 Å². The highest BCUT2D eigenvalue weighted by atomic mass is 19.1. The van der Waals surface area contributed by atoms with Gasteiger partial charge in [-0.05, 0) is 43.5 Å². The molecule has 2 saturated heterocycles. The van der Waals surface area contributed by atoms with Gasteiger partial charge < -0.3 is 20.4 Å². The normalized spacial score (nSPS) is 24.8. The highest BCUT2D eigenvalue weighted by molar-refractivity contribution is 5.95. The molecule has 6 heteroatoms. The molecule has 2 fully saturated rings. The molecular formula is C20H31FN4O. The lowest BCUT2D eigenvalue weighted by Gasteiger charge is -2.38. The molecule has 2 heterocycles. The molecule has 5 nitrogen and oxygen atoms in total. The Hall–Kier alpha value is -1.66. The van der Waals surface area contributed by atoms with Gasteiger partial charge in [-0.3, -0.25) is 4.79 Å². The van der Waals surface area contributed by atoms with Gasteiger partial charge in [0.25, 0.3) is 5.91 Å². The lowest BCUT2D eigenvalue weighted by Crippen LogP contribution is -2.49. The molecule has 1 aromatic carbocycles.